The van der Waals surface area contributed by atoms with Gasteiger partial charge in [-0.3, -0.25) is 0 Å². The van der Waals surface area contributed by atoms with E-state index in [9.17, 15) is 0 Å². The van der Waals surface area contributed by atoms with Gasteiger partial charge < -0.3 is 5.32 Å². The number of rotatable bonds is 1. The molecular formula is C13H19N. The molecule has 1 heterocycles. The van der Waals surface area contributed by atoms with Crippen LogP contribution in [0.4, 0.5) is 5.69 Å². The molecule has 2 unspecified atom stereocenters. The molecule has 2 atom stereocenters. The zero-order valence-electron chi connectivity index (χ0n) is 9.46. The van der Waals surface area contributed by atoms with Gasteiger partial charge in [0.2, 0.25) is 0 Å². The van der Waals surface area contributed by atoms with Crippen LogP contribution in [0.15, 0.2) is 18.2 Å². The molecule has 1 N–H and O–H groups in total. The van der Waals surface area contributed by atoms with Gasteiger partial charge in [-0.15, -0.1) is 0 Å². The standard InChI is InChI=1S/C13H19N/c1-8(2)11-6-5-7-12-9(3)10(4)14-13(11)12/h5-10,14H,1-4H3. The number of nitrogens with one attached hydrogen (secondary N) is 1. The van der Waals surface area contributed by atoms with Crippen LogP contribution in [-0.4, -0.2) is 6.04 Å². The number of hydrogen-bond donors (Lipinski definition) is 1. The molecule has 1 aliphatic heterocycles. The highest BCUT2D eigenvalue weighted by Gasteiger charge is 2.27. The number of anilines is 1. The highest BCUT2D eigenvalue weighted by atomic mass is 15.0. The van der Waals surface area contributed by atoms with Crippen molar-refractivity contribution in [3.63, 3.8) is 0 Å². The lowest BCUT2D eigenvalue weighted by molar-refractivity contribution is 0.690. The summed E-state index contributed by atoms with van der Waals surface area (Å²) in [4.78, 5) is 0. The van der Waals surface area contributed by atoms with Crippen molar-refractivity contribution in [1.82, 2.24) is 0 Å². The summed E-state index contributed by atoms with van der Waals surface area (Å²) in [6.07, 6.45) is 0. The molecular weight excluding hydrogens is 170 g/mol. The van der Waals surface area contributed by atoms with Crippen LogP contribution < -0.4 is 5.32 Å². The quantitative estimate of drug-likeness (QED) is 0.710. The first kappa shape index (κ1) is 9.57. The van der Waals surface area contributed by atoms with Crippen LogP contribution in [0.3, 0.4) is 0 Å². The molecule has 0 saturated carbocycles. The van der Waals surface area contributed by atoms with E-state index >= 15 is 0 Å². The SMILES string of the molecule is CC(C)c1cccc2c1NC(C)C2C. The monoisotopic (exact) mass is 189 g/mol. The minimum atomic E-state index is 0.574. The topological polar surface area (TPSA) is 12.0 Å². The Morgan fingerprint density at radius 2 is 1.93 bits per heavy atom. The van der Waals surface area contributed by atoms with Gasteiger partial charge in [-0.2, -0.15) is 0 Å². The van der Waals surface area contributed by atoms with Crippen LogP contribution in [-0.2, 0) is 0 Å². The molecule has 0 spiro atoms. The van der Waals surface area contributed by atoms with Gasteiger partial charge in [0.15, 0.2) is 0 Å². The Morgan fingerprint density at radius 1 is 1.21 bits per heavy atom. The molecule has 0 radical (unpaired) electrons. The van der Waals surface area contributed by atoms with Crippen LogP contribution in [0.25, 0.3) is 0 Å². The van der Waals surface area contributed by atoms with Gasteiger partial charge in [-0.25, -0.2) is 0 Å². The average molecular weight is 189 g/mol. The second-order valence-corrected chi connectivity index (χ2v) is 4.69. The van der Waals surface area contributed by atoms with Gasteiger partial charge in [0.25, 0.3) is 0 Å². The fraction of sp³-hybridized carbons (Fsp3) is 0.538. The Morgan fingerprint density at radius 3 is 2.57 bits per heavy atom. The first-order valence-corrected chi connectivity index (χ1v) is 5.50. The molecule has 0 aromatic heterocycles. The zero-order valence-corrected chi connectivity index (χ0v) is 9.46. The van der Waals surface area contributed by atoms with Crippen LogP contribution in [0, 0.1) is 0 Å². The predicted molar refractivity (Wildman–Crippen MR) is 62.0 cm³/mol. The Bertz CT molecular complexity index is 341. The van der Waals surface area contributed by atoms with Gasteiger partial charge in [-0.05, 0) is 24.0 Å². The molecule has 0 aliphatic carbocycles. The van der Waals surface area contributed by atoms with E-state index in [0.29, 0.717) is 17.9 Å². The fourth-order valence-electron chi connectivity index (χ4n) is 2.24. The largest absolute Gasteiger partial charge is 0.382 e. The Hall–Kier alpha value is -0.980. The van der Waals surface area contributed by atoms with E-state index in [4.69, 9.17) is 0 Å². The van der Waals surface area contributed by atoms with Crippen LogP contribution in [0.5, 0.6) is 0 Å². The second kappa shape index (κ2) is 3.30. The van der Waals surface area contributed by atoms with Crippen molar-refractivity contribution >= 4 is 5.69 Å². The lowest BCUT2D eigenvalue weighted by Gasteiger charge is -2.12. The molecule has 1 aromatic carbocycles. The Kier molecular flexibility index (Phi) is 2.26. The van der Waals surface area contributed by atoms with Gasteiger partial charge in [-0.1, -0.05) is 39.0 Å². The first-order valence-electron chi connectivity index (χ1n) is 5.50. The molecule has 1 aliphatic rings. The molecule has 14 heavy (non-hydrogen) atoms. The molecule has 0 saturated heterocycles. The lowest BCUT2D eigenvalue weighted by Crippen LogP contribution is -2.13. The van der Waals surface area contributed by atoms with Crippen molar-refractivity contribution in [3.05, 3.63) is 29.3 Å². The molecule has 0 fully saturated rings. The smallest absolute Gasteiger partial charge is 0.0413 e. The maximum Gasteiger partial charge on any atom is 0.0413 e. The van der Waals surface area contributed by atoms with Crippen LogP contribution in [0.1, 0.15) is 50.7 Å². The summed E-state index contributed by atoms with van der Waals surface area (Å²) in [5.41, 5.74) is 4.34. The highest BCUT2D eigenvalue weighted by molar-refractivity contribution is 5.64. The van der Waals surface area contributed by atoms with Crippen molar-refractivity contribution in [3.8, 4) is 0 Å². The minimum Gasteiger partial charge on any atom is -0.382 e. The van der Waals surface area contributed by atoms with E-state index in [1.54, 1.807) is 0 Å². The molecule has 2 rings (SSSR count). The molecule has 0 bridgehead atoms. The van der Waals surface area contributed by atoms with Gasteiger partial charge in [0.05, 0.1) is 0 Å². The summed E-state index contributed by atoms with van der Waals surface area (Å²) in [5, 5.41) is 3.60. The van der Waals surface area contributed by atoms with Crippen molar-refractivity contribution in [1.29, 1.82) is 0 Å². The maximum atomic E-state index is 3.60. The number of benzene rings is 1. The van der Waals surface area contributed by atoms with Crippen molar-refractivity contribution in [2.45, 2.75) is 45.6 Å². The molecule has 76 valence electrons. The van der Waals surface area contributed by atoms with Crippen LogP contribution in [0.2, 0.25) is 0 Å². The second-order valence-electron chi connectivity index (χ2n) is 4.69. The van der Waals surface area contributed by atoms with E-state index in [1.807, 2.05) is 0 Å². The molecule has 1 heteroatoms. The van der Waals surface area contributed by atoms with E-state index < -0.39 is 0 Å². The summed E-state index contributed by atoms with van der Waals surface area (Å²) in [7, 11) is 0. The van der Waals surface area contributed by atoms with E-state index in [-0.39, 0.29) is 0 Å². The number of fused-ring (bicyclic) bond motifs is 1. The predicted octanol–water partition coefficient (Wildman–Crippen LogP) is 3.73. The van der Waals surface area contributed by atoms with Gasteiger partial charge in [0, 0.05) is 17.6 Å². The van der Waals surface area contributed by atoms with E-state index in [1.165, 1.54) is 16.8 Å². The minimum absolute atomic E-state index is 0.574. The highest BCUT2D eigenvalue weighted by Crippen LogP contribution is 2.39. The summed E-state index contributed by atoms with van der Waals surface area (Å²) in [5.74, 6) is 1.25. The molecule has 1 aromatic rings. The summed E-state index contributed by atoms with van der Waals surface area (Å²) in [6, 6.07) is 7.25. The van der Waals surface area contributed by atoms with Crippen molar-refractivity contribution in [2.75, 3.05) is 5.32 Å². The maximum absolute atomic E-state index is 3.60. The fourth-order valence-corrected chi connectivity index (χ4v) is 2.24. The Labute approximate surface area is 86.5 Å². The van der Waals surface area contributed by atoms with Crippen molar-refractivity contribution < 1.29 is 0 Å². The summed E-state index contributed by atoms with van der Waals surface area (Å²) >= 11 is 0. The van der Waals surface area contributed by atoms with E-state index in [2.05, 4.69) is 51.2 Å². The lowest BCUT2D eigenvalue weighted by atomic mass is 9.93. The van der Waals surface area contributed by atoms with E-state index in [0.717, 1.165) is 0 Å². The summed E-state index contributed by atoms with van der Waals surface area (Å²) < 4.78 is 0. The average Bonchev–Trinajstić information content (AvgIpc) is 2.43. The third kappa shape index (κ3) is 1.31. The molecule has 1 nitrogen and oxygen atoms in total. The molecule has 0 amide bonds. The van der Waals surface area contributed by atoms with Gasteiger partial charge in [0.1, 0.15) is 0 Å². The first-order chi connectivity index (χ1) is 6.61. The zero-order chi connectivity index (χ0) is 10.3. The number of hydrogen-bond acceptors (Lipinski definition) is 1. The third-order valence-corrected chi connectivity index (χ3v) is 3.36. The van der Waals surface area contributed by atoms with Crippen LogP contribution >= 0.6 is 0 Å². The number of para-hydroxylation sites is 1. The summed E-state index contributed by atoms with van der Waals surface area (Å²) in [6.45, 7) is 9.07. The Balaban J connectivity index is 2.50. The normalized spacial score (nSPS) is 24.9. The van der Waals surface area contributed by atoms with Crippen molar-refractivity contribution in [2.24, 2.45) is 0 Å². The third-order valence-electron chi connectivity index (χ3n) is 3.36. The van der Waals surface area contributed by atoms with Gasteiger partial charge >= 0.3 is 0 Å².